The second-order valence-corrected chi connectivity index (χ2v) is 7.96. The highest BCUT2D eigenvalue weighted by Gasteiger charge is 2.29. The Morgan fingerprint density at radius 1 is 1.39 bits per heavy atom. The summed E-state index contributed by atoms with van der Waals surface area (Å²) in [4.78, 5) is 6.07. The second kappa shape index (κ2) is 5.83. The number of aromatic nitrogens is 1. The monoisotopic (exact) mass is 309 g/mol. The molecule has 1 aromatic heterocycles. The first-order valence-electron chi connectivity index (χ1n) is 5.88. The van der Waals surface area contributed by atoms with Gasteiger partial charge in [-0.05, 0) is 13.0 Å². The van der Waals surface area contributed by atoms with Crippen LogP contribution in [0.4, 0.5) is 0 Å². The van der Waals surface area contributed by atoms with Crippen LogP contribution in [0.1, 0.15) is 13.3 Å². The van der Waals surface area contributed by atoms with Gasteiger partial charge in [-0.3, -0.25) is 0 Å². The van der Waals surface area contributed by atoms with Crippen LogP contribution in [0.5, 0.6) is 0 Å². The smallest absolute Gasteiger partial charge is 0.254 e. The fraction of sp³-hybridized carbons (Fsp3) is 0.700. The maximum atomic E-state index is 12.3. The molecule has 1 aromatic rings. The largest absolute Gasteiger partial charge is 0.301 e. The molecule has 8 heteroatoms. The van der Waals surface area contributed by atoms with Crippen LogP contribution in [0.3, 0.4) is 0 Å². The van der Waals surface area contributed by atoms with E-state index >= 15 is 0 Å². The van der Waals surface area contributed by atoms with E-state index in [1.807, 2.05) is 0 Å². The van der Waals surface area contributed by atoms with Crippen LogP contribution < -0.4 is 0 Å². The number of halogens is 1. The standard InChI is InChI=1S/C10H16ClN3O2S2/c1-2-3-13-4-6-14(7-5-13)18(15,16)9-8-12-10(11)17-9/h8H,2-7H2,1H3. The van der Waals surface area contributed by atoms with Crippen LogP contribution in [-0.2, 0) is 10.0 Å². The number of thiazole rings is 1. The summed E-state index contributed by atoms with van der Waals surface area (Å²) in [5.74, 6) is 0. The van der Waals surface area contributed by atoms with Crippen molar-refractivity contribution in [3.8, 4) is 0 Å². The zero-order valence-corrected chi connectivity index (χ0v) is 12.6. The molecule has 18 heavy (non-hydrogen) atoms. The van der Waals surface area contributed by atoms with Gasteiger partial charge in [-0.1, -0.05) is 29.9 Å². The van der Waals surface area contributed by atoms with Gasteiger partial charge in [0.05, 0.1) is 6.20 Å². The molecular formula is C10H16ClN3O2S2. The Balaban J connectivity index is 2.05. The average molecular weight is 310 g/mol. The lowest BCUT2D eigenvalue weighted by molar-refractivity contribution is 0.189. The zero-order chi connectivity index (χ0) is 13.2. The van der Waals surface area contributed by atoms with E-state index in [1.165, 1.54) is 10.5 Å². The molecule has 0 unspecified atom stereocenters. The van der Waals surface area contributed by atoms with E-state index < -0.39 is 10.0 Å². The van der Waals surface area contributed by atoms with E-state index in [1.54, 1.807) is 0 Å². The molecule has 0 N–H and O–H groups in total. The molecule has 0 aliphatic carbocycles. The van der Waals surface area contributed by atoms with Crippen molar-refractivity contribution < 1.29 is 8.42 Å². The van der Waals surface area contributed by atoms with Gasteiger partial charge in [0.15, 0.2) is 8.68 Å². The van der Waals surface area contributed by atoms with Crippen LogP contribution in [-0.4, -0.2) is 55.3 Å². The maximum absolute atomic E-state index is 12.3. The van der Waals surface area contributed by atoms with E-state index in [0.717, 1.165) is 37.4 Å². The van der Waals surface area contributed by atoms with Crippen LogP contribution >= 0.6 is 22.9 Å². The third-order valence-corrected chi connectivity index (χ3v) is 6.37. The minimum Gasteiger partial charge on any atom is -0.301 e. The molecule has 0 radical (unpaired) electrons. The van der Waals surface area contributed by atoms with Gasteiger partial charge in [-0.15, -0.1) is 0 Å². The van der Waals surface area contributed by atoms with Crippen LogP contribution in [0.15, 0.2) is 10.4 Å². The van der Waals surface area contributed by atoms with Gasteiger partial charge >= 0.3 is 0 Å². The molecule has 0 aromatic carbocycles. The predicted molar refractivity (Wildman–Crippen MR) is 72.6 cm³/mol. The third kappa shape index (κ3) is 3.03. The highest BCUT2D eigenvalue weighted by molar-refractivity contribution is 7.91. The van der Waals surface area contributed by atoms with Gasteiger partial charge in [0.25, 0.3) is 10.0 Å². The highest BCUT2D eigenvalue weighted by Crippen LogP contribution is 2.26. The lowest BCUT2D eigenvalue weighted by Gasteiger charge is -2.33. The molecule has 0 bridgehead atoms. The minimum absolute atomic E-state index is 0.233. The molecule has 1 saturated heterocycles. The molecule has 1 aliphatic heterocycles. The van der Waals surface area contributed by atoms with Crippen LogP contribution in [0, 0.1) is 0 Å². The van der Waals surface area contributed by atoms with Crippen molar-refractivity contribution in [2.45, 2.75) is 17.6 Å². The minimum atomic E-state index is -3.40. The third-order valence-electron chi connectivity index (χ3n) is 2.92. The molecule has 1 fully saturated rings. The predicted octanol–water partition coefficient (Wildman–Crippen LogP) is 1.51. The van der Waals surface area contributed by atoms with Crippen molar-refractivity contribution in [2.75, 3.05) is 32.7 Å². The fourth-order valence-corrected chi connectivity index (χ4v) is 4.87. The van der Waals surface area contributed by atoms with Crippen LogP contribution in [0.2, 0.25) is 4.47 Å². The first-order chi connectivity index (χ1) is 8.54. The Morgan fingerprint density at radius 3 is 2.56 bits per heavy atom. The molecular weight excluding hydrogens is 294 g/mol. The normalized spacial score (nSPS) is 19.2. The van der Waals surface area contributed by atoms with Crippen molar-refractivity contribution in [2.24, 2.45) is 0 Å². The number of nitrogens with zero attached hydrogens (tertiary/aromatic N) is 3. The Labute approximate surface area is 116 Å². The van der Waals surface area contributed by atoms with Gasteiger partial charge in [-0.25, -0.2) is 13.4 Å². The second-order valence-electron chi connectivity index (χ2n) is 4.18. The Morgan fingerprint density at radius 2 is 2.06 bits per heavy atom. The van der Waals surface area contributed by atoms with Gasteiger partial charge in [0.1, 0.15) is 0 Å². The molecule has 102 valence electrons. The van der Waals surface area contributed by atoms with Gasteiger partial charge in [0, 0.05) is 26.2 Å². The molecule has 0 saturated carbocycles. The van der Waals surface area contributed by atoms with Gasteiger partial charge < -0.3 is 4.90 Å². The molecule has 1 aliphatic rings. The fourth-order valence-electron chi connectivity index (χ4n) is 2.00. The van der Waals surface area contributed by atoms with Crippen LogP contribution in [0.25, 0.3) is 0 Å². The maximum Gasteiger partial charge on any atom is 0.254 e. The number of piperazine rings is 1. The van der Waals surface area contributed by atoms with E-state index in [-0.39, 0.29) is 8.68 Å². The quantitative estimate of drug-likeness (QED) is 0.846. The Hall–Kier alpha value is -0.210. The molecule has 5 nitrogen and oxygen atoms in total. The highest BCUT2D eigenvalue weighted by atomic mass is 35.5. The average Bonchev–Trinajstić information content (AvgIpc) is 2.78. The first-order valence-corrected chi connectivity index (χ1v) is 8.51. The molecule has 0 amide bonds. The summed E-state index contributed by atoms with van der Waals surface area (Å²) >= 11 is 6.70. The molecule has 2 heterocycles. The van der Waals surface area contributed by atoms with E-state index in [2.05, 4.69) is 16.8 Å². The van der Waals surface area contributed by atoms with Crippen molar-refractivity contribution in [1.82, 2.24) is 14.2 Å². The topological polar surface area (TPSA) is 53.5 Å². The lowest BCUT2D eigenvalue weighted by atomic mass is 10.3. The van der Waals surface area contributed by atoms with E-state index in [4.69, 9.17) is 11.6 Å². The first kappa shape index (κ1) is 14.2. The van der Waals surface area contributed by atoms with Crippen molar-refractivity contribution in [3.05, 3.63) is 10.7 Å². The summed E-state index contributed by atoms with van der Waals surface area (Å²) < 4.78 is 26.6. The van der Waals surface area contributed by atoms with Crippen molar-refractivity contribution >= 4 is 33.0 Å². The molecule has 2 rings (SSSR count). The number of rotatable bonds is 4. The lowest BCUT2D eigenvalue weighted by Crippen LogP contribution is -2.48. The van der Waals surface area contributed by atoms with Gasteiger partial charge in [-0.2, -0.15) is 4.31 Å². The number of hydrogen-bond donors (Lipinski definition) is 0. The Bertz CT molecular complexity index is 495. The van der Waals surface area contributed by atoms with Crippen molar-refractivity contribution in [1.29, 1.82) is 0 Å². The van der Waals surface area contributed by atoms with Crippen molar-refractivity contribution in [3.63, 3.8) is 0 Å². The summed E-state index contributed by atoms with van der Waals surface area (Å²) in [6.45, 7) is 5.82. The number of hydrogen-bond acceptors (Lipinski definition) is 5. The number of sulfonamides is 1. The molecule has 0 atom stereocenters. The van der Waals surface area contributed by atoms with E-state index in [9.17, 15) is 8.42 Å². The summed E-state index contributed by atoms with van der Waals surface area (Å²) in [5.41, 5.74) is 0. The van der Waals surface area contributed by atoms with E-state index in [0.29, 0.717) is 13.1 Å². The van der Waals surface area contributed by atoms with Gasteiger partial charge in [0.2, 0.25) is 0 Å². The summed E-state index contributed by atoms with van der Waals surface area (Å²) in [6, 6.07) is 0. The zero-order valence-electron chi connectivity index (χ0n) is 10.2. The SMILES string of the molecule is CCCN1CCN(S(=O)(=O)c2cnc(Cl)s2)CC1. The molecule has 0 spiro atoms. The Kier molecular flexibility index (Phi) is 4.60. The summed E-state index contributed by atoms with van der Waals surface area (Å²) in [6.07, 6.45) is 2.43. The summed E-state index contributed by atoms with van der Waals surface area (Å²) in [5, 5.41) is 0. The summed E-state index contributed by atoms with van der Waals surface area (Å²) in [7, 11) is -3.40.